The Morgan fingerprint density at radius 1 is 1.35 bits per heavy atom. The topological polar surface area (TPSA) is 48.4 Å². The van der Waals surface area contributed by atoms with Crippen LogP contribution < -0.4 is 10.5 Å². The van der Waals surface area contributed by atoms with Crippen molar-refractivity contribution in [2.45, 2.75) is 0 Å². The average Bonchev–Trinajstić information content (AvgIpc) is 2.78. The first-order valence-electron chi connectivity index (χ1n) is 4.85. The minimum absolute atomic E-state index is 0.232. The van der Waals surface area contributed by atoms with Crippen molar-refractivity contribution in [2.24, 2.45) is 5.73 Å². The maximum absolute atomic E-state index is 6.03. The van der Waals surface area contributed by atoms with Crippen LogP contribution in [0, 0.1) is 0 Å². The molecule has 2 N–H and O–H groups in total. The standard InChI is InChI=1S/C12H10ClNO2S/c1-15-10-3-2-7(6-8(10)13)9-4-5-11(16-9)12(14)17/h2-6H,1H3,(H2,14,17). The maximum Gasteiger partial charge on any atom is 0.161 e. The van der Waals surface area contributed by atoms with Gasteiger partial charge in [-0.15, -0.1) is 0 Å². The highest BCUT2D eigenvalue weighted by molar-refractivity contribution is 7.80. The van der Waals surface area contributed by atoms with Gasteiger partial charge in [0.15, 0.2) is 5.76 Å². The molecule has 0 bridgehead atoms. The second-order valence-electron chi connectivity index (χ2n) is 3.38. The van der Waals surface area contributed by atoms with Crippen LogP contribution in [-0.4, -0.2) is 12.1 Å². The van der Waals surface area contributed by atoms with Crippen molar-refractivity contribution in [3.8, 4) is 17.1 Å². The van der Waals surface area contributed by atoms with E-state index in [0.29, 0.717) is 22.3 Å². The van der Waals surface area contributed by atoms with Gasteiger partial charge in [0.25, 0.3) is 0 Å². The number of ether oxygens (including phenoxy) is 1. The largest absolute Gasteiger partial charge is 0.495 e. The molecular formula is C12H10ClNO2S. The third kappa shape index (κ3) is 2.43. The first-order valence-corrected chi connectivity index (χ1v) is 5.64. The lowest BCUT2D eigenvalue weighted by Crippen LogP contribution is -2.07. The molecule has 0 aliphatic rings. The van der Waals surface area contributed by atoms with Crippen LogP contribution in [0.15, 0.2) is 34.7 Å². The molecule has 88 valence electrons. The van der Waals surface area contributed by atoms with Crippen LogP contribution in [0.1, 0.15) is 5.76 Å². The number of halogens is 1. The molecule has 17 heavy (non-hydrogen) atoms. The van der Waals surface area contributed by atoms with E-state index in [2.05, 4.69) is 0 Å². The van der Waals surface area contributed by atoms with E-state index < -0.39 is 0 Å². The fourth-order valence-corrected chi connectivity index (χ4v) is 1.81. The third-order valence-corrected chi connectivity index (χ3v) is 2.78. The second-order valence-corrected chi connectivity index (χ2v) is 4.22. The van der Waals surface area contributed by atoms with Gasteiger partial charge in [-0.2, -0.15) is 0 Å². The van der Waals surface area contributed by atoms with Crippen LogP contribution in [-0.2, 0) is 0 Å². The van der Waals surface area contributed by atoms with E-state index in [-0.39, 0.29) is 4.99 Å². The van der Waals surface area contributed by atoms with E-state index >= 15 is 0 Å². The summed E-state index contributed by atoms with van der Waals surface area (Å²) in [6.07, 6.45) is 0. The van der Waals surface area contributed by atoms with Crippen LogP contribution in [0.5, 0.6) is 5.75 Å². The van der Waals surface area contributed by atoms with Crippen molar-refractivity contribution in [3.05, 3.63) is 41.1 Å². The molecule has 1 aromatic heterocycles. The summed E-state index contributed by atoms with van der Waals surface area (Å²) >= 11 is 10.9. The molecule has 0 saturated heterocycles. The van der Waals surface area contributed by atoms with Crippen LogP contribution in [0.25, 0.3) is 11.3 Å². The fraction of sp³-hybridized carbons (Fsp3) is 0.0833. The van der Waals surface area contributed by atoms with Crippen LogP contribution in [0.2, 0.25) is 5.02 Å². The Balaban J connectivity index is 2.39. The Hall–Kier alpha value is -1.52. The number of hydrogen-bond donors (Lipinski definition) is 1. The number of thiocarbonyl (C=S) groups is 1. The van der Waals surface area contributed by atoms with Crippen molar-refractivity contribution in [3.63, 3.8) is 0 Å². The molecule has 0 aliphatic carbocycles. The summed E-state index contributed by atoms with van der Waals surface area (Å²) in [5.41, 5.74) is 6.32. The molecule has 2 aromatic rings. The van der Waals surface area contributed by atoms with E-state index in [9.17, 15) is 0 Å². The summed E-state index contributed by atoms with van der Waals surface area (Å²) in [5, 5.41) is 0.526. The van der Waals surface area contributed by atoms with Gasteiger partial charge in [0.1, 0.15) is 16.5 Å². The summed E-state index contributed by atoms with van der Waals surface area (Å²) in [7, 11) is 1.57. The van der Waals surface area contributed by atoms with Gasteiger partial charge in [-0.05, 0) is 30.3 Å². The Kier molecular flexibility index (Phi) is 3.36. The van der Waals surface area contributed by atoms with Gasteiger partial charge in [0, 0.05) is 5.56 Å². The van der Waals surface area contributed by atoms with Crippen LogP contribution in [0.3, 0.4) is 0 Å². The zero-order valence-corrected chi connectivity index (χ0v) is 10.6. The Bertz CT molecular complexity index is 565. The lowest BCUT2D eigenvalue weighted by Gasteiger charge is -2.04. The van der Waals surface area contributed by atoms with Gasteiger partial charge in [-0.1, -0.05) is 23.8 Å². The zero-order chi connectivity index (χ0) is 12.4. The number of rotatable bonds is 3. The molecule has 1 aromatic carbocycles. The van der Waals surface area contributed by atoms with Gasteiger partial charge in [-0.3, -0.25) is 0 Å². The van der Waals surface area contributed by atoms with Crippen molar-refractivity contribution in [1.82, 2.24) is 0 Å². The minimum atomic E-state index is 0.232. The van der Waals surface area contributed by atoms with Gasteiger partial charge in [-0.25, -0.2) is 0 Å². The third-order valence-electron chi connectivity index (χ3n) is 2.29. The maximum atomic E-state index is 6.03. The molecule has 5 heteroatoms. The molecule has 0 radical (unpaired) electrons. The smallest absolute Gasteiger partial charge is 0.161 e. The molecule has 0 atom stereocenters. The van der Waals surface area contributed by atoms with E-state index in [1.807, 2.05) is 6.07 Å². The Morgan fingerprint density at radius 3 is 2.65 bits per heavy atom. The summed E-state index contributed by atoms with van der Waals surface area (Å²) in [5.74, 6) is 1.77. The average molecular weight is 268 g/mol. The quantitative estimate of drug-likeness (QED) is 0.868. The number of benzene rings is 1. The molecule has 0 fully saturated rings. The van der Waals surface area contributed by atoms with E-state index in [0.717, 1.165) is 5.56 Å². The summed E-state index contributed by atoms with van der Waals surface area (Å²) in [4.78, 5) is 0.232. The lowest BCUT2D eigenvalue weighted by atomic mass is 10.2. The molecule has 0 amide bonds. The molecule has 2 rings (SSSR count). The Morgan fingerprint density at radius 2 is 2.12 bits per heavy atom. The SMILES string of the molecule is COc1ccc(-c2ccc(C(N)=S)o2)cc1Cl. The first-order chi connectivity index (χ1) is 8.11. The van der Waals surface area contributed by atoms with Crippen molar-refractivity contribution >= 4 is 28.8 Å². The van der Waals surface area contributed by atoms with Crippen LogP contribution >= 0.6 is 23.8 Å². The molecular weight excluding hydrogens is 258 g/mol. The zero-order valence-electron chi connectivity index (χ0n) is 9.07. The summed E-state index contributed by atoms with van der Waals surface area (Å²) in [6, 6.07) is 8.93. The van der Waals surface area contributed by atoms with Gasteiger partial charge in [0.2, 0.25) is 0 Å². The highest BCUT2D eigenvalue weighted by Gasteiger charge is 2.09. The second kappa shape index (κ2) is 4.77. The predicted molar refractivity (Wildman–Crippen MR) is 71.6 cm³/mol. The van der Waals surface area contributed by atoms with Gasteiger partial charge < -0.3 is 14.9 Å². The molecule has 0 saturated carbocycles. The van der Waals surface area contributed by atoms with Gasteiger partial charge >= 0.3 is 0 Å². The monoisotopic (exact) mass is 267 g/mol. The van der Waals surface area contributed by atoms with Crippen molar-refractivity contribution in [2.75, 3.05) is 7.11 Å². The molecule has 0 unspecified atom stereocenters. The number of methoxy groups -OCH3 is 1. The van der Waals surface area contributed by atoms with Crippen molar-refractivity contribution in [1.29, 1.82) is 0 Å². The Labute approximate surface area is 109 Å². The lowest BCUT2D eigenvalue weighted by molar-refractivity contribution is 0.415. The fourth-order valence-electron chi connectivity index (χ4n) is 1.45. The molecule has 0 spiro atoms. The number of furan rings is 1. The first kappa shape index (κ1) is 12.0. The highest BCUT2D eigenvalue weighted by Crippen LogP contribution is 2.30. The number of hydrogen-bond acceptors (Lipinski definition) is 3. The number of nitrogens with two attached hydrogens (primary N) is 1. The summed E-state index contributed by atoms with van der Waals surface area (Å²) < 4.78 is 10.6. The normalized spacial score (nSPS) is 10.2. The molecule has 1 heterocycles. The minimum Gasteiger partial charge on any atom is -0.495 e. The summed E-state index contributed by atoms with van der Waals surface area (Å²) in [6.45, 7) is 0. The highest BCUT2D eigenvalue weighted by atomic mass is 35.5. The van der Waals surface area contributed by atoms with Crippen LogP contribution in [0.4, 0.5) is 0 Å². The van der Waals surface area contributed by atoms with Crippen molar-refractivity contribution < 1.29 is 9.15 Å². The van der Waals surface area contributed by atoms with Gasteiger partial charge in [0.05, 0.1) is 12.1 Å². The van der Waals surface area contributed by atoms with E-state index in [1.165, 1.54) is 0 Å². The molecule has 3 nitrogen and oxygen atoms in total. The molecule has 0 aliphatic heterocycles. The van der Waals surface area contributed by atoms with E-state index in [4.69, 9.17) is 38.7 Å². The van der Waals surface area contributed by atoms with E-state index in [1.54, 1.807) is 31.4 Å². The predicted octanol–water partition coefficient (Wildman–Crippen LogP) is 3.24.